The van der Waals surface area contributed by atoms with Crippen LogP contribution in [-0.2, 0) is 0 Å². The number of nitrogens with zero attached hydrogens (tertiary/aromatic N) is 2. The van der Waals surface area contributed by atoms with Crippen LogP contribution in [0.25, 0.3) is 0 Å². The summed E-state index contributed by atoms with van der Waals surface area (Å²) < 4.78 is 21.6. The monoisotopic (exact) mass is 626 g/mol. The Balaban J connectivity index is 1.32. The van der Waals surface area contributed by atoms with Crippen LogP contribution in [0.3, 0.4) is 0 Å². The van der Waals surface area contributed by atoms with Crippen molar-refractivity contribution in [3.8, 4) is 23.0 Å². The molecule has 0 bridgehead atoms. The third-order valence-electron chi connectivity index (χ3n) is 6.84. The van der Waals surface area contributed by atoms with Crippen molar-refractivity contribution in [1.29, 1.82) is 0 Å². The van der Waals surface area contributed by atoms with Crippen LogP contribution < -0.4 is 34.5 Å². The van der Waals surface area contributed by atoms with E-state index in [2.05, 4.69) is 22.5 Å². The highest BCUT2D eigenvalue weighted by molar-refractivity contribution is 7.80. The zero-order chi connectivity index (χ0) is 30.9. The largest absolute Gasteiger partial charge is 0.494 e. The van der Waals surface area contributed by atoms with Gasteiger partial charge in [-0.05, 0) is 73.2 Å². The quantitative estimate of drug-likeness (QED) is 0.293. The maximum absolute atomic E-state index is 13.0. The fourth-order valence-corrected chi connectivity index (χ4v) is 5.15. The van der Waals surface area contributed by atoms with E-state index in [0.29, 0.717) is 66.3 Å². The normalized spacial score (nSPS) is 12.8. The zero-order valence-electron chi connectivity index (χ0n) is 24.6. The highest BCUT2D eigenvalue weighted by atomic mass is 35.5. The first-order valence-electron chi connectivity index (χ1n) is 13.8. The van der Waals surface area contributed by atoms with Crippen molar-refractivity contribution in [1.82, 2.24) is 10.2 Å². The number of hydrogen-bond donors (Lipinski definition) is 2. The highest BCUT2D eigenvalue weighted by Gasteiger charge is 2.24. The number of carbonyl (C=O) groups excluding carboxylic acids is 2. The van der Waals surface area contributed by atoms with E-state index in [0.717, 1.165) is 17.9 Å². The number of ether oxygens (including phenoxy) is 4. The van der Waals surface area contributed by atoms with Gasteiger partial charge in [-0.1, -0.05) is 18.5 Å². The second kappa shape index (κ2) is 14.8. The molecule has 1 aliphatic heterocycles. The minimum absolute atomic E-state index is 0.00516. The van der Waals surface area contributed by atoms with Gasteiger partial charge < -0.3 is 34.1 Å². The number of methoxy groups -OCH3 is 3. The summed E-state index contributed by atoms with van der Waals surface area (Å²) in [6.07, 6.45) is 0.928. The molecule has 1 heterocycles. The second-order valence-corrected chi connectivity index (χ2v) is 10.5. The van der Waals surface area contributed by atoms with Gasteiger partial charge in [0, 0.05) is 43.0 Å². The Hall–Kier alpha value is -4.22. The lowest BCUT2D eigenvalue weighted by Gasteiger charge is -2.36. The molecule has 228 valence electrons. The molecule has 12 heteroatoms. The molecule has 1 fully saturated rings. The number of benzene rings is 3. The van der Waals surface area contributed by atoms with Crippen molar-refractivity contribution in [3.05, 3.63) is 70.7 Å². The van der Waals surface area contributed by atoms with Crippen LogP contribution in [0.15, 0.2) is 54.6 Å². The van der Waals surface area contributed by atoms with E-state index in [1.54, 1.807) is 18.2 Å². The predicted octanol–water partition coefficient (Wildman–Crippen LogP) is 5.24. The molecular formula is C31H35ClN4O6S. The van der Waals surface area contributed by atoms with Gasteiger partial charge in [-0.25, -0.2) is 0 Å². The maximum atomic E-state index is 13.0. The number of hydrogen-bond acceptors (Lipinski definition) is 8. The number of anilines is 2. The zero-order valence-corrected chi connectivity index (χ0v) is 26.1. The fraction of sp³-hybridized carbons (Fsp3) is 0.323. The first kappa shape index (κ1) is 31.7. The molecule has 4 rings (SSSR count). The SMILES string of the molecule is CCCOc1ccc(C(=O)N2CCN(c3ccc(NC(=S)NC(=O)c4cc(OC)c(OC)c(OC)c4)cc3Cl)CC2)cc1. The van der Waals surface area contributed by atoms with Crippen LogP contribution >= 0.6 is 23.8 Å². The number of thiocarbonyl (C=S) groups is 1. The van der Waals surface area contributed by atoms with Gasteiger partial charge in [-0.15, -0.1) is 0 Å². The summed E-state index contributed by atoms with van der Waals surface area (Å²) in [7, 11) is 4.44. The molecular weight excluding hydrogens is 592 g/mol. The number of halogens is 1. The topological polar surface area (TPSA) is 102 Å². The Kier molecular flexibility index (Phi) is 10.9. The van der Waals surface area contributed by atoms with Crippen LogP contribution in [0.2, 0.25) is 5.02 Å². The van der Waals surface area contributed by atoms with Crippen LogP contribution in [0.5, 0.6) is 23.0 Å². The summed E-state index contributed by atoms with van der Waals surface area (Å²) in [5, 5.41) is 6.27. The van der Waals surface area contributed by atoms with Crippen molar-refractivity contribution in [3.63, 3.8) is 0 Å². The molecule has 0 saturated carbocycles. The van der Waals surface area contributed by atoms with E-state index in [9.17, 15) is 9.59 Å². The number of rotatable bonds is 10. The molecule has 0 aliphatic carbocycles. The summed E-state index contributed by atoms with van der Waals surface area (Å²) in [4.78, 5) is 29.9. The van der Waals surface area contributed by atoms with E-state index in [1.807, 2.05) is 29.2 Å². The number of nitrogens with one attached hydrogen (secondary N) is 2. The van der Waals surface area contributed by atoms with Crippen LogP contribution in [0.1, 0.15) is 34.1 Å². The third kappa shape index (κ3) is 7.79. The lowest BCUT2D eigenvalue weighted by molar-refractivity contribution is 0.0746. The number of piperazine rings is 1. The molecule has 3 aromatic rings. The van der Waals surface area contributed by atoms with Gasteiger partial charge in [-0.2, -0.15) is 0 Å². The van der Waals surface area contributed by atoms with Crippen LogP contribution in [0, 0.1) is 0 Å². The summed E-state index contributed by atoms with van der Waals surface area (Å²) in [5.41, 5.74) is 2.38. The Labute approximate surface area is 261 Å². The molecule has 10 nitrogen and oxygen atoms in total. The fourth-order valence-electron chi connectivity index (χ4n) is 4.64. The van der Waals surface area contributed by atoms with E-state index in [-0.39, 0.29) is 16.6 Å². The van der Waals surface area contributed by atoms with Crippen molar-refractivity contribution in [2.75, 3.05) is 64.3 Å². The van der Waals surface area contributed by atoms with Crippen molar-refractivity contribution in [2.45, 2.75) is 13.3 Å². The summed E-state index contributed by atoms with van der Waals surface area (Å²) in [6, 6.07) is 15.8. The minimum atomic E-state index is -0.451. The van der Waals surface area contributed by atoms with Crippen molar-refractivity contribution >= 4 is 52.1 Å². The minimum Gasteiger partial charge on any atom is -0.494 e. The summed E-state index contributed by atoms with van der Waals surface area (Å²) in [5.74, 6) is 1.39. The molecule has 0 aromatic heterocycles. The third-order valence-corrected chi connectivity index (χ3v) is 7.35. The Morgan fingerprint density at radius 2 is 1.53 bits per heavy atom. The summed E-state index contributed by atoms with van der Waals surface area (Å²) >= 11 is 12.0. The van der Waals surface area contributed by atoms with Crippen molar-refractivity contribution < 1.29 is 28.5 Å². The van der Waals surface area contributed by atoms with Gasteiger partial charge in [0.1, 0.15) is 5.75 Å². The molecule has 0 radical (unpaired) electrons. The van der Waals surface area contributed by atoms with Crippen LogP contribution in [-0.4, -0.2) is 75.9 Å². The van der Waals surface area contributed by atoms with E-state index in [4.69, 9.17) is 42.8 Å². The van der Waals surface area contributed by atoms with E-state index < -0.39 is 5.91 Å². The molecule has 43 heavy (non-hydrogen) atoms. The lowest BCUT2D eigenvalue weighted by atomic mass is 10.1. The Morgan fingerprint density at radius 3 is 2.09 bits per heavy atom. The Morgan fingerprint density at radius 1 is 0.884 bits per heavy atom. The van der Waals surface area contributed by atoms with E-state index in [1.165, 1.54) is 33.5 Å². The molecule has 0 atom stereocenters. The van der Waals surface area contributed by atoms with Crippen molar-refractivity contribution in [2.24, 2.45) is 0 Å². The number of carbonyl (C=O) groups is 2. The first-order chi connectivity index (χ1) is 20.8. The van der Waals surface area contributed by atoms with Gasteiger partial charge >= 0.3 is 0 Å². The van der Waals surface area contributed by atoms with Gasteiger partial charge in [0.05, 0.1) is 38.6 Å². The second-order valence-electron chi connectivity index (χ2n) is 9.64. The molecule has 3 aromatic carbocycles. The van der Waals surface area contributed by atoms with Gasteiger partial charge in [-0.3, -0.25) is 14.9 Å². The highest BCUT2D eigenvalue weighted by Crippen LogP contribution is 2.38. The number of amides is 2. The molecule has 0 unspecified atom stereocenters. The standard InChI is InChI=1S/C31H35ClN4O6S/c1-5-16-42-23-9-6-20(7-10-23)30(38)36-14-12-35(13-15-36)25-11-8-22(19-24(25)32)33-31(43)34-29(37)21-17-26(39-2)28(41-4)27(18-21)40-3/h6-11,17-19H,5,12-16H2,1-4H3,(H2,33,34,37,43). The maximum Gasteiger partial charge on any atom is 0.257 e. The smallest absolute Gasteiger partial charge is 0.257 e. The average molecular weight is 627 g/mol. The van der Waals surface area contributed by atoms with Crippen LogP contribution in [0.4, 0.5) is 11.4 Å². The van der Waals surface area contributed by atoms with Gasteiger partial charge in [0.2, 0.25) is 5.75 Å². The first-order valence-corrected chi connectivity index (χ1v) is 14.6. The van der Waals surface area contributed by atoms with E-state index >= 15 is 0 Å². The molecule has 2 amide bonds. The average Bonchev–Trinajstić information content (AvgIpc) is 3.03. The van der Waals surface area contributed by atoms with Gasteiger partial charge in [0.15, 0.2) is 16.6 Å². The molecule has 1 saturated heterocycles. The molecule has 1 aliphatic rings. The Bertz CT molecular complexity index is 1440. The molecule has 0 spiro atoms. The van der Waals surface area contributed by atoms with Gasteiger partial charge in [0.25, 0.3) is 11.8 Å². The lowest BCUT2D eigenvalue weighted by Crippen LogP contribution is -2.48. The summed E-state index contributed by atoms with van der Waals surface area (Å²) in [6.45, 7) is 5.11. The molecule has 2 N–H and O–H groups in total. The predicted molar refractivity (Wildman–Crippen MR) is 172 cm³/mol.